The topological polar surface area (TPSA) is 80.0 Å². The Kier molecular flexibility index (Phi) is 5.21. The Bertz CT molecular complexity index is 859. The van der Waals surface area contributed by atoms with E-state index in [1.165, 1.54) is 0 Å². The fourth-order valence-electron chi connectivity index (χ4n) is 2.29. The molecule has 0 aliphatic rings. The summed E-state index contributed by atoms with van der Waals surface area (Å²) in [6.07, 6.45) is 1.64. The second kappa shape index (κ2) is 7.92. The number of amides is 1. The number of nitrogens with one attached hydrogen (secondary N) is 2. The zero-order valence-corrected chi connectivity index (χ0v) is 13.6. The molecule has 0 atom stereocenters. The molecule has 3 aromatic rings. The summed E-state index contributed by atoms with van der Waals surface area (Å²) in [6.45, 7) is 4.33. The minimum atomic E-state index is -0.168. The highest BCUT2D eigenvalue weighted by Gasteiger charge is 2.12. The Morgan fingerprint density at radius 3 is 2.64 bits per heavy atom. The van der Waals surface area contributed by atoms with Crippen molar-refractivity contribution >= 4 is 11.6 Å². The van der Waals surface area contributed by atoms with Crippen LogP contribution in [0.2, 0.25) is 0 Å². The van der Waals surface area contributed by atoms with Crippen LogP contribution in [0.25, 0.3) is 11.5 Å². The SMILES string of the molecule is C=CCNC(=O)c1ccccc1NCc1nnc(-c2ccccc2)o1. The van der Waals surface area contributed by atoms with Gasteiger partial charge in [0.15, 0.2) is 0 Å². The first-order chi connectivity index (χ1) is 12.3. The van der Waals surface area contributed by atoms with Crippen LogP contribution >= 0.6 is 0 Å². The van der Waals surface area contributed by atoms with Crippen molar-refractivity contribution in [1.29, 1.82) is 0 Å². The van der Waals surface area contributed by atoms with Crippen LogP contribution in [0.3, 0.4) is 0 Å². The van der Waals surface area contributed by atoms with Crippen molar-refractivity contribution in [2.75, 3.05) is 11.9 Å². The molecule has 0 aliphatic heterocycles. The Hall–Kier alpha value is -3.41. The number of carbonyl (C=O) groups excluding carboxylic acids is 1. The Morgan fingerprint density at radius 2 is 1.84 bits per heavy atom. The summed E-state index contributed by atoms with van der Waals surface area (Å²) in [6, 6.07) is 16.8. The normalized spacial score (nSPS) is 10.2. The largest absolute Gasteiger partial charge is 0.419 e. The molecule has 1 heterocycles. The number of hydrogen-bond acceptors (Lipinski definition) is 5. The zero-order valence-electron chi connectivity index (χ0n) is 13.6. The predicted molar refractivity (Wildman–Crippen MR) is 96.0 cm³/mol. The van der Waals surface area contributed by atoms with Crippen LogP contribution in [0.5, 0.6) is 0 Å². The molecule has 3 rings (SSSR count). The molecule has 0 spiro atoms. The summed E-state index contributed by atoms with van der Waals surface area (Å²) in [5.41, 5.74) is 2.11. The van der Waals surface area contributed by atoms with Crippen LogP contribution in [0.1, 0.15) is 16.2 Å². The van der Waals surface area contributed by atoms with Crippen molar-refractivity contribution in [2.45, 2.75) is 6.54 Å². The summed E-state index contributed by atoms with van der Waals surface area (Å²) in [5.74, 6) is 0.744. The van der Waals surface area contributed by atoms with Crippen LogP contribution < -0.4 is 10.6 Å². The highest BCUT2D eigenvalue weighted by Crippen LogP contribution is 2.19. The molecule has 0 aliphatic carbocycles. The van der Waals surface area contributed by atoms with Gasteiger partial charge in [0.05, 0.1) is 12.1 Å². The Balaban J connectivity index is 1.69. The van der Waals surface area contributed by atoms with Crippen molar-refractivity contribution in [3.8, 4) is 11.5 Å². The first kappa shape index (κ1) is 16.4. The average Bonchev–Trinajstić information content (AvgIpc) is 3.14. The molecule has 1 aromatic heterocycles. The molecule has 0 saturated carbocycles. The maximum atomic E-state index is 12.2. The third-order valence-corrected chi connectivity index (χ3v) is 3.50. The second-order valence-corrected chi connectivity index (χ2v) is 5.26. The van der Waals surface area contributed by atoms with E-state index in [-0.39, 0.29) is 5.91 Å². The molecular formula is C19H18N4O2. The van der Waals surface area contributed by atoms with Crippen LogP contribution in [0.15, 0.2) is 71.7 Å². The highest BCUT2D eigenvalue weighted by atomic mass is 16.4. The zero-order chi connectivity index (χ0) is 17.5. The smallest absolute Gasteiger partial charge is 0.253 e. The van der Waals surface area contributed by atoms with E-state index in [4.69, 9.17) is 4.42 Å². The van der Waals surface area contributed by atoms with Gasteiger partial charge in [0.1, 0.15) is 0 Å². The summed E-state index contributed by atoms with van der Waals surface area (Å²) in [5, 5.41) is 14.0. The quantitative estimate of drug-likeness (QED) is 0.648. The van der Waals surface area contributed by atoms with E-state index >= 15 is 0 Å². The summed E-state index contributed by atoms with van der Waals surface area (Å²) in [4.78, 5) is 12.2. The van der Waals surface area contributed by atoms with E-state index in [0.717, 1.165) is 5.56 Å². The number of hydrogen-bond donors (Lipinski definition) is 2. The molecule has 126 valence electrons. The van der Waals surface area contributed by atoms with Gasteiger partial charge in [-0.05, 0) is 24.3 Å². The molecule has 1 amide bonds. The van der Waals surface area contributed by atoms with Gasteiger partial charge in [0.2, 0.25) is 11.8 Å². The van der Waals surface area contributed by atoms with Gasteiger partial charge >= 0.3 is 0 Å². The van der Waals surface area contributed by atoms with E-state index in [2.05, 4.69) is 27.4 Å². The lowest BCUT2D eigenvalue weighted by molar-refractivity contribution is 0.0958. The van der Waals surface area contributed by atoms with Gasteiger partial charge in [0, 0.05) is 17.8 Å². The monoisotopic (exact) mass is 334 g/mol. The van der Waals surface area contributed by atoms with E-state index < -0.39 is 0 Å². The molecule has 0 fully saturated rings. The molecule has 0 radical (unpaired) electrons. The number of nitrogens with zero attached hydrogens (tertiary/aromatic N) is 2. The van der Waals surface area contributed by atoms with Crippen LogP contribution in [-0.4, -0.2) is 22.6 Å². The maximum absolute atomic E-state index is 12.2. The maximum Gasteiger partial charge on any atom is 0.253 e. The van der Waals surface area contributed by atoms with Crippen molar-refractivity contribution in [1.82, 2.24) is 15.5 Å². The average molecular weight is 334 g/mol. The van der Waals surface area contributed by atoms with Crippen LogP contribution in [-0.2, 0) is 6.54 Å². The number of para-hydroxylation sites is 1. The number of rotatable bonds is 7. The first-order valence-electron chi connectivity index (χ1n) is 7.87. The molecule has 6 heteroatoms. The van der Waals surface area contributed by atoms with Gasteiger partial charge < -0.3 is 15.1 Å². The second-order valence-electron chi connectivity index (χ2n) is 5.26. The van der Waals surface area contributed by atoms with E-state index in [1.807, 2.05) is 48.5 Å². The molecule has 6 nitrogen and oxygen atoms in total. The van der Waals surface area contributed by atoms with Crippen molar-refractivity contribution in [3.63, 3.8) is 0 Å². The molecule has 2 aromatic carbocycles. The third kappa shape index (κ3) is 4.11. The molecule has 2 N–H and O–H groups in total. The molecule has 0 bridgehead atoms. The van der Waals surface area contributed by atoms with Gasteiger partial charge in [-0.15, -0.1) is 16.8 Å². The minimum Gasteiger partial charge on any atom is -0.419 e. The first-order valence-corrected chi connectivity index (χ1v) is 7.87. The highest BCUT2D eigenvalue weighted by molar-refractivity contribution is 5.99. The van der Waals surface area contributed by atoms with Gasteiger partial charge in [-0.3, -0.25) is 4.79 Å². The summed E-state index contributed by atoms with van der Waals surface area (Å²) < 4.78 is 5.66. The standard InChI is InChI=1S/C19H18N4O2/c1-2-12-20-18(24)15-10-6-7-11-16(15)21-13-17-22-23-19(25-17)14-8-4-3-5-9-14/h2-11,21H,1,12-13H2,(H,20,24). The van der Waals surface area contributed by atoms with Crippen LogP contribution in [0, 0.1) is 0 Å². The predicted octanol–water partition coefficient (Wildman–Crippen LogP) is 3.26. The fraction of sp³-hybridized carbons (Fsp3) is 0.105. The molecule has 0 unspecified atom stereocenters. The van der Waals surface area contributed by atoms with Gasteiger partial charge in [-0.2, -0.15) is 0 Å². The molecule has 0 saturated heterocycles. The molecular weight excluding hydrogens is 316 g/mol. The molecule has 25 heavy (non-hydrogen) atoms. The van der Waals surface area contributed by atoms with Crippen molar-refractivity contribution in [2.24, 2.45) is 0 Å². The van der Waals surface area contributed by atoms with E-state index in [0.29, 0.717) is 36.1 Å². The number of anilines is 1. The summed E-state index contributed by atoms with van der Waals surface area (Å²) >= 11 is 0. The van der Waals surface area contributed by atoms with Crippen molar-refractivity contribution in [3.05, 3.63) is 78.7 Å². The fourth-order valence-corrected chi connectivity index (χ4v) is 2.29. The summed E-state index contributed by atoms with van der Waals surface area (Å²) in [7, 11) is 0. The van der Waals surface area contributed by atoms with Gasteiger partial charge in [-0.1, -0.05) is 36.4 Å². The number of carbonyl (C=O) groups is 1. The van der Waals surface area contributed by atoms with E-state index in [1.54, 1.807) is 12.1 Å². The van der Waals surface area contributed by atoms with Crippen molar-refractivity contribution < 1.29 is 9.21 Å². The van der Waals surface area contributed by atoms with Crippen LogP contribution in [0.4, 0.5) is 5.69 Å². The Labute approximate surface area is 145 Å². The lowest BCUT2D eigenvalue weighted by Crippen LogP contribution is -2.24. The number of benzene rings is 2. The van der Waals surface area contributed by atoms with Gasteiger partial charge in [0.25, 0.3) is 5.91 Å². The lowest BCUT2D eigenvalue weighted by Gasteiger charge is -2.10. The van der Waals surface area contributed by atoms with Gasteiger partial charge in [-0.25, -0.2) is 0 Å². The number of aromatic nitrogens is 2. The van der Waals surface area contributed by atoms with E-state index in [9.17, 15) is 4.79 Å². The third-order valence-electron chi connectivity index (χ3n) is 3.50. The Morgan fingerprint density at radius 1 is 1.08 bits per heavy atom. The minimum absolute atomic E-state index is 0.168. The lowest BCUT2D eigenvalue weighted by atomic mass is 10.1.